The number of anilines is 1. The molecule has 2 amide bonds. The van der Waals surface area contributed by atoms with Gasteiger partial charge in [-0.3, -0.25) is 0 Å². The molecule has 1 aromatic carbocycles. The minimum atomic E-state index is -0.857. The Balaban J connectivity index is 1.68. The van der Waals surface area contributed by atoms with Gasteiger partial charge < -0.3 is 10.2 Å². The number of likely N-dealkylation sites (tertiary alicyclic amines) is 1. The number of hydrogen-bond donors (Lipinski definition) is 1. The van der Waals surface area contributed by atoms with Crippen LogP contribution in [-0.2, 0) is 0 Å². The van der Waals surface area contributed by atoms with E-state index in [1.54, 1.807) is 17.0 Å². The highest BCUT2D eigenvalue weighted by atomic mass is 19.2. The molecule has 1 aromatic heterocycles. The number of halogens is 2. The van der Waals surface area contributed by atoms with E-state index in [0.717, 1.165) is 18.9 Å². The second kappa shape index (κ2) is 6.68. The Morgan fingerprint density at radius 3 is 2.83 bits per heavy atom. The maximum Gasteiger partial charge on any atom is 0.321 e. The lowest BCUT2D eigenvalue weighted by atomic mass is 9.90. The van der Waals surface area contributed by atoms with E-state index in [9.17, 15) is 13.6 Å². The van der Waals surface area contributed by atoms with Crippen LogP contribution < -0.4 is 5.32 Å². The number of aromatic nitrogens is 2. The molecule has 1 atom stereocenters. The Hall–Kier alpha value is -2.57. The Labute approximate surface area is 132 Å². The van der Waals surface area contributed by atoms with Gasteiger partial charge in [-0.25, -0.2) is 13.6 Å². The number of nitrogens with one attached hydrogen (secondary N) is 1. The van der Waals surface area contributed by atoms with E-state index in [0.29, 0.717) is 24.3 Å². The number of hydrogen-bond acceptors (Lipinski definition) is 3. The van der Waals surface area contributed by atoms with Gasteiger partial charge in [0.1, 0.15) is 0 Å². The largest absolute Gasteiger partial charge is 0.324 e. The van der Waals surface area contributed by atoms with Gasteiger partial charge in [-0.2, -0.15) is 10.2 Å². The van der Waals surface area contributed by atoms with Crippen molar-refractivity contribution >= 4 is 11.7 Å². The van der Waals surface area contributed by atoms with E-state index < -0.39 is 11.6 Å². The fourth-order valence-electron chi connectivity index (χ4n) is 2.77. The third kappa shape index (κ3) is 3.61. The molecule has 0 radical (unpaired) electrons. The summed E-state index contributed by atoms with van der Waals surface area (Å²) in [5, 5.41) is 10.1. The van der Waals surface area contributed by atoms with Crippen molar-refractivity contribution in [2.75, 3.05) is 18.4 Å². The molecule has 2 heterocycles. The highest BCUT2D eigenvalue weighted by Gasteiger charge is 2.25. The van der Waals surface area contributed by atoms with Crippen LogP contribution in [0.2, 0.25) is 0 Å². The third-order valence-electron chi connectivity index (χ3n) is 3.96. The summed E-state index contributed by atoms with van der Waals surface area (Å²) in [5.41, 5.74) is 1.28. The van der Waals surface area contributed by atoms with E-state index in [1.165, 1.54) is 18.5 Å². The fourth-order valence-corrected chi connectivity index (χ4v) is 2.77. The molecule has 0 aliphatic carbocycles. The summed E-state index contributed by atoms with van der Waals surface area (Å²) in [6.07, 6.45) is 4.61. The van der Waals surface area contributed by atoms with Crippen LogP contribution in [-0.4, -0.2) is 34.2 Å². The first kappa shape index (κ1) is 15.3. The van der Waals surface area contributed by atoms with Crippen LogP contribution in [0.15, 0.2) is 36.7 Å². The fraction of sp³-hybridized carbons (Fsp3) is 0.312. The van der Waals surface area contributed by atoms with Gasteiger partial charge in [-0.15, -0.1) is 0 Å². The van der Waals surface area contributed by atoms with Gasteiger partial charge in [0.25, 0.3) is 0 Å². The van der Waals surface area contributed by atoms with Crippen molar-refractivity contribution in [3.63, 3.8) is 0 Å². The maximum absolute atomic E-state index is 13.4. The summed E-state index contributed by atoms with van der Waals surface area (Å²) in [5.74, 6) is -1.71. The van der Waals surface area contributed by atoms with E-state index in [2.05, 4.69) is 15.5 Å². The topological polar surface area (TPSA) is 58.1 Å². The van der Waals surface area contributed by atoms with E-state index in [-0.39, 0.29) is 11.9 Å². The van der Waals surface area contributed by atoms with Crippen LogP contribution in [0.5, 0.6) is 0 Å². The van der Waals surface area contributed by atoms with Crippen LogP contribution in [0.3, 0.4) is 0 Å². The van der Waals surface area contributed by atoms with Crippen LogP contribution in [0.4, 0.5) is 19.3 Å². The second-order valence-corrected chi connectivity index (χ2v) is 5.52. The Kier molecular flexibility index (Phi) is 4.45. The Morgan fingerprint density at radius 1 is 1.22 bits per heavy atom. The number of rotatable bonds is 2. The van der Waals surface area contributed by atoms with E-state index in [1.807, 2.05) is 0 Å². The molecule has 1 aliphatic heterocycles. The first-order chi connectivity index (χ1) is 11.1. The average Bonchev–Trinajstić information content (AvgIpc) is 2.58. The molecular weight excluding hydrogens is 302 g/mol. The SMILES string of the molecule is O=C(Nc1ccnnc1)N1CCCC(c2ccc(F)c(F)c2)C1. The minimum absolute atomic E-state index is 0.000153. The summed E-state index contributed by atoms with van der Waals surface area (Å²) in [6.45, 7) is 1.10. The van der Waals surface area contributed by atoms with Gasteiger partial charge in [0.15, 0.2) is 11.6 Å². The van der Waals surface area contributed by atoms with Gasteiger partial charge >= 0.3 is 6.03 Å². The quantitative estimate of drug-likeness (QED) is 0.925. The Morgan fingerprint density at radius 2 is 2.09 bits per heavy atom. The highest BCUT2D eigenvalue weighted by molar-refractivity contribution is 5.89. The minimum Gasteiger partial charge on any atom is -0.324 e. The van der Waals surface area contributed by atoms with Gasteiger partial charge in [-0.05, 0) is 36.6 Å². The standard InChI is InChI=1S/C16H16F2N4O/c17-14-4-3-11(8-15(14)18)12-2-1-7-22(10-12)16(23)21-13-5-6-19-20-9-13/h3-6,8-9,12H,1-2,7,10H2,(H,19,21,23). The summed E-state index contributed by atoms with van der Waals surface area (Å²) in [7, 11) is 0. The first-order valence-corrected chi connectivity index (χ1v) is 7.41. The Bertz CT molecular complexity index is 696. The number of urea groups is 1. The summed E-state index contributed by atoms with van der Waals surface area (Å²) >= 11 is 0. The average molecular weight is 318 g/mol. The summed E-state index contributed by atoms with van der Waals surface area (Å²) < 4.78 is 26.4. The van der Waals surface area contributed by atoms with Crippen molar-refractivity contribution in [3.8, 4) is 0 Å². The van der Waals surface area contributed by atoms with E-state index >= 15 is 0 Å². The molecule has 1 fully saturated rings. The molecule has 1 aliphatic rings. The zero-order valence-electron chi connectivity index (χ0n) is 12.4. The number of amides is 2. The van der Waals surface area contributed by atoms with Crippen molar-refractivity contribution in [1.82, 2.24) is 15.1 Å². The van der Waals surface area contributed by atoms with Crippen molar-refractivity contribution in [2.24, 2.45) is 0 Å². The molecule has 5 nitrogen and oxygen atoms in total. The maximum atomic E-state index is 13.4. The molecule has 1 N–H and O–H groups in total. The molecule has 0 bridgehead atoms. The molecule has 2 aromatic rings. The molecule has 3 rings (SSSR count). The normalized spacial score (nSPS) is 17.8. The molecule has 0 saturated carbocycles. The highest BCUT2D eigenvalue weighted by Crippen LogP contribution is 2.28. The molecular formula is C16H16F2N4O. The summed E-state index contributed by atoms with van der Waals surface area (Å²) in [6, 6.07) is 5.35. The lowest BCUT2D eigenvalue weighted by molar-refractivity contribution is 0.192. The van der Waals surface area contributed by atoms with Gasteiger partial charge in [-0.1, -0.05) is 6.07 Å². The first-order valence-electron chi connectivity index (χ1n) is 7.41. The zero-order valence-corrected chi connectivity index (χ0v) is 12.4. The second-order valence-electron chi connectivity index (χ2n) is 5.52. The predicted molar refractivity (Wildman–Crippen MR) is 81.0 cm³/mol. The molecule has 7 heteroatoms. The zero-order chi connectivity index (χ0) is 16.2. The smallest absolute Gasteiger partial charge is 0.321 e. The lowest BCUT2D eigenvalue weighted by Gasteiger charge is -2.33. The van der Waals surface area contributed by atoms with Crippen LogP contribution in [0.25, 0.3) is 0 Å². The molecule has 0 spiro atoms. The molecule has 1 unspecified atom stereocenters. The van der Waals surface area contributed by atoms with Crippen molar-refractivity contribution in [2.45, 2.75) is 18.8 Å². The van der Waals surface area contributed by atoms with Crippen LogP contribution in [0.1, 0.15) is 24.3 Å². The number of carbonyl (C=O) groups is 1. The third-order valence-corrected chi connectivity index (χ3v) is 3.96. The van der Waals surface area contributed by atoms with Gasteiger partial charge in [0.05, 0.1) is 18.1 Å². The van der Waals surface area contributed by atoms with Gasteiger partial charge in [0, 0.05) is 19.0 Å². The molecule has 120 valence electrons. The number of benzene rings is 1. The van der Waals surface area contributed by atoms with Crippen molar-refractivity contribution in [1.29, 1.82) is 0 Å². The number of nitrogens with zero attached hydrogens (tertiary/aromatic N) is 3. The van der Waals surface area contributed by atoms with Crippen molar-refractivity contribution < 1.29 is 13.6 Å². The summed E-state index contributed by atoms with van der Waals surface area (Å²) in [4.78, 5) is 14.0. The lowest BCUT2D eigenvalue weighted by Crippen LogP contribution is -2.41. The van der Waals surface area contributed by atoms with Crippen LogP contribution >= 0.6 is 0 Å². The number of piperidine rings is 1. The predicted octanol–water partition coefficient (Wildman–Crippen LogP) is 3.17. The number of carbonyl (C=O) groups excluding carboxylic acids is 1. The van der Waals surface area contributed by atoms with Crippen molar-refractivity contribution in [3.05, 3.63) is 53.9 Å². The van der Waals surface area contributed by atoms with Gasteiger partial charge in [0.2, 0.25) is 0 Å². The monoisotopic (exact) mass is 318 g/mol. The van der Waals surface area contributed by atoms with E-state index in [4.69, 9.17) is 0 Å². The molecule has 1 saturated heterocycles. The van der Waals surface area contributed by atoms with Crippen LogP contribution in [0, 0.1) is 11.6 Å². The molecule has 23 heavy (non-hydrogen) atoms.